The molecule has 0 bridgehead atoms. The number of amides is 2. The summed E-state index contributed by atoms with van der Waals surface area (Å²) in [5, 5.41) is 2.57. The molecule has 3 aromatic rings. The van der Waals surface area contributed by atoms with Gasteiger partial charge in [-0.3, -0.25) is 13.9 Å². The Hall–Kier alpha value is -3.65. The number of hydrogen-bond donors (Lipinski definition) is 1. The van der Waals surface area contributed by atoms with Crippen LogP contribution in [0, 0.1) is 6.92 Å². The maximum Gasteiger partial charge on any atom is 0.264 e. The molecule has 0 saturated heterocycles. The minimum atomic E-state index is -4.04. The smallest absolute Gasteiger partial charge is 0.264 e. The van der Waals surface area contributed by atoms with E-state index in [0.717, 1.165) is 9.87 Å². The molecule has 0 aliphatic heterocycles. The highest BCUT2D eigenvalue weighted by Crippen LogP contribution is 2.27. The predicted molar refractivity (Wildman–Crippen MR) is 133 cm³/mol. The van der Waals surface area contributed by atoms with Crippen molar-refractivity contribution in [1.29, 1.82) is 0 Å². The number of aryl methyl sites for hydroxylation is 1. The number of sulfonamides is 1. The van der Waals surface area contributed by atoms with E-state index < -0.39 is 28.5 Å². The quantitative estimate of drug-likeness (QED) is 0.510. The monoisotopic (exact) mass is 479 g/mol. The van der Waals surface area contributed by atoms with E-state index >= 15 is 0 Å². The van der Waals surface area contributed by atoms with Crippen molar-refractivity contribution >= 4 is 27.5 Å². The van der Waals surface area contributed by atoms with Gasteiger partial charge >= 0.3 is 0 Å². The van der Waals surface area contributed by atoms with Crippen molar-refractivity contribution < 1.29 is 18.0 Å². The van der Waals surface area contributed by atoms with Crippen molar-refractivity contribution in [2.45, 2.75) is 31.3 Å². The Bertz CT molecular complexity index is 1230. The number of hydrogen-bond acceptors (Lipinski definition) is 4. The highest BCUT2D eigenvalue weighted by molar-refractivity contribution is 7.92. The molecular weight excluding hydrogens is 450 g/mol. The SMILES string of the molecule is CNC(=O)[C@@H](C)N(Cc1ccccc1)C(=O)CN(c1ccccc1C)S(=O)(=O)c1ccccc1. The lowest BCUT2D eigenvalue weighted by Crippen LogP contribution is -2.50. The second-order valence-corrected chi connectivity index (χ2v) is 9.77. The average Bonchev–Trinajstić information content (AvgIpc) is 2.86. The van der Waals surface area contributed by atoms with Gasteiger partial charge in [0, 0.05) is 13.6 Å². The molecule has 0 saturated carbocycles. The zero-order chi connectivity index (χ0) is 24.7. The number of carbonyl (C=O) groups excluding carboxylic acids is 2. The molecule has 178 valence electrons. The molecule has 8 heteroatoms. The Kier molecular flexibility index (Phi) is 8.07. The van der Waals surface area contributed by atoms with E-state index in [1.807, 2.05) is 36.4 Å². The summed E-state index contributed by atoms with van der Waals surface area (Å²) in [6.45, 7) is 3.14. The lowest BCUT2D eigenvalue weighted by Gasteiger charge is -2.32. The lowest BCUT2D eigenvalue weighted by atomic mass is 10.1. The van der Waals surface area contributed by atoms with E-state index in [0.29, 0.717) is 11.3 Å². The predicted octanol–water partition coefficient (Wildman–Crippen LogP) is 3.35. The van der Waals surface area contributed by atoms with Crippen molar-refractivity contribution in [3.05, 3.63) is 96.1 Å². The number of nitrogens with zero attached hydrogens (tertiary/aromatic N) is 2. The van der Waals surface area contributed by atoms with Crippen LogP contribution in [0.1, 0.15) is 18.1 Å². The zero-order valence-corrected chi connectivity index (χ0v) is 20.3. The molecule has 0 aromatic heterocycles. The fraction of sp³-hybridized carbons (Fsp3) is 0.231. The van der Waals surface area contributed by atoms with Gasteiger partial charge in [0.05, 0.1) is 10.6 Å². The first-order valence-electron chi connectivity index (χ1n) is 10.9. The van der Waals surface area contributed by atoms with E-state index in [-0.39, 0.29) is 17.3 Å². The van der Waals surface area contributed by atoms with E-state index in [4.69, 9.17) is 0 Å². The van der Waals surface area contributed by atoms with Crippen LogP contribution in [-0.2, 0) is 26.2 Å². The second kappa shape index (κ2) is 11.0. The Morgan fingerprint density at radius 2 is 1.44 bits per heavy atom. The van der Waals surface area contributed by atoms with E-state index in [9.17, 15) is 18.0 Å². The number of likely N-dealkylation sites (N-methyl/N-ethyl adjacent to an activating group) is 1. The van der Waals surface area contributed by atoms with Crippen LogP contribution < -0.4 is 9.62 Å². The number of rotatable bonds is 9. The highest BCUT2D eigenvalue weighted by Gasteiger charge is 2.32. The molecular formula is C26H29N3O4S. The van der Waals surface area contributed by atoms with Gasteiger partial charge in [-0.25, -0.2) is 8.42 Å². The maximum absolute atomic E-state index is 13.6. The van der Waals surface area contributed by atoms with Gasteiger partial charge in [-0.15, -0.1) is 0 Å². The molecule has 0 aliphatic rings. The second-order valence-electron chi connectivity index (χ2n) is 7.91. The first kappa shape index (κ1) is 25.0. The first-order chi connectivity index (χ1) is 16.3. The summed E-state index contributed by atoms with van der Waals surface area (Å²) in [6, 6.07) is 23.5. The molecule has 1 N–H and O–H groups in total. The topological polar surface area (TPSA) is 86.8 Å². The van der Waals surface area contributed by atoms with Crippen molar-refractivity contribution in [2.75, 3.05) is 17.9 Å². The molecule has 34 heavy (non-hydrogen) atoms. The van der Waals surface area contributed by atoms with E-state index in [1.165, 1.54) is 24.1 Å². The summed E-state index contributed by atoms with van der Waals surface area (Å²) >= 11 is 0. The third-order valence-electron chi connectivity index (χ3n) is 5.60. The Morgan fingerprint density at radius 1 is 0.882 bits per heavy atom. The van der Waals surface area contributed by atoms with Gasteiger partial charge in [0.2, 0.25) is 11.8 Å². The van der Waals surface area contributed by atoms with Crippen molar-refractivity contribution in [3.63, 3.8) is 0 Å². The molecule has 3 rings (SSSR count). The molecule has 2 amide bonds. The summed E-state index contributed by atoms with van der Waals surface area (Å²) in [5.41, 5.74) is 1.95. The number of benzene rings is 3. The van der Waals surface area contributed by atoms with Crippen LogP contribution in [0.3, 0.4) is 0 Å². The minimum absolute atomic E-state index is 0.0833. The van der Waals surface area contributed by atoms with Crippen LogP contribution in [-0.4, -0.2) is 44.8 Å². The molecule has 0 spiro atoms. The largest absolute Gasteiger partial charge is 0.357 e. The molecule has 1 atom stereocenters. The van der Waals surface area contributed by atoms with E-state index in [1.54, 1.807) is 50.2 Å². The average molecular weight is 480 g/mol. The Morgan fingerprint density at radius 3 is 2.03 bits per heavy atom. The van der Waals surface area contributed by atoms with Gasteiger partial charge in [-0.1, -0.05) is 66.7 Å². The van der Waals surface area contributed by atoms with Gasteiger partial charge in [-0.05, 0) is 43.2 Å². The maximum atomic E-state index is 13.6. The fourth-order valence-electron chi connectivity index (χ4n) is 3.65. The van der Waals surface area contributed by atoms with Crippen molar-refractivity contribution in [3.8, 4) is 0 Å². The van der Waals surface area contributed by atoms with Crippen molar-refractivity contribution in [1.82, 2.24) is 10.2 Å². The normalized spacial score (nSPS) is 12.0. The molecule has 7 nitrogen and oxygen atoms in total. The molecule has 0 heterocycles. The molecule has 0 aliphatic carbocycles. The fourth-order valence-corrected chi connectivity index (χ4v) is 5.15. The zero-order valence-electron chi connectivity index (χ0n) is 19.5. The van der Waals surface area contributed by atoms with Gasteiger partial charge in [0.1, 0.15) is 12.6 Å². The number of carbonyl (C=O) groups is 2. The summed E-state index contributed by atoms with van der Waals surface area (Å²) in [4.78, 5) is 27.5. The minimum Gasteiger partial charge on any atom is -0.357 e. The van der Waals surface area contributed by atoms with Gasteiger partial charge in [0.15, 0.2) is 0 Å². The molecule has 0 radical (unpaired) electrons. The standard InChI is InChI=1S/C26H29N3O4S/c1-20-12-10-11-17-24(20)29(34(32,33)23-15-8-5-9-16-23)19-25(30)28(21(2)26(31)27-3)18-22-13-6-4-7-14-22/h4-17,21H,18-19H2,1-3H3,(H,27,31)/t21-/m1/s1. The lowest BCUT2D eigenvalue weighted by molar-refractivity contribution is -0.139. The third-order valence-corrected chi connectivity index (χ3v) is 7.38. The first-order valence-corrected chi connectivity index (χ1v) is 12.4. The summed E-state index contributed by atoms with van der Waals surface area (Å²) in [6.07, 6.45) is 0. The van der Waals surface area contributed by atoms with E-state index in [2.05, 4.69) is 5.32 Å². The van der Waals surface area contributed by atoms with Crippen LogP contribution in [0.5, 0.6) is 0 Å². The van der Waals surface area contributed by atoms with Crippen molar-refractivity contribution in [2.24, 2.45) is 0 Å². The molecule has 3 aromatic carbocycles. The summed E-state index contributed by atoms with van der Waals surface area (Å²) < 4.78 is 28.4. The van der Waals surface area contributed by atoms with Gasteiger partial charge in [-0.2, -0.15) is 0 Å². The summed E-state index contributed by atoms with van der Waals surface area (Å²) in [5.74, 6) is -0.819. The van der Waals surface area contributed by atoms with Crippen LogP contribution >= 0.6 is 0 Å². The summed E-state index contributed by atoms with van der Waals surface area (Å²) in [7, 11) is -2.54. The highest BCUT2D eigenvalue weighted by atomic mass is 32.2. The van der Waals surface area contributed by atoms with Crippen LogP contribution in [0.4, 0.5) is 5.69 Å². The number of para-hydroxylation sites is 1. The van der Waals surface area contributed by atoms with Crippen LogP contribution in [0.15, 0.2) is 89.8 Å². The van der Waals surface area contributed by atoms with Gasteiger partial charge < -0.3 is 10.2 Å². The number of anilines is 1. The Labute approximate surface area is 201 Å². The third kappa shape index (κ3) is 5.63. The molecule has 0 fully saturated rings. The Balaban J connectivity index is 2.03. The number of nitrogens with one attached hydrogen (secondary N) is 1. The van der Waals surface area contributed by atoms with Crippen LogP contribution in [0.25, 0.3) is 0 Å². The van der Waals surface area contributed by atoms with Crippen LogP contribution in [0.2, 0.25) is 0 Å². The molecule has 0 unspecified atom stereocenters. The van der Waals surface area contributed by atoms with Gasteiger partial charge in [0.25, 0.3) is 10.0 Å².